The van der Waals surface area contributed by atoms with Crippen molar-refractivity contribution in [1.82, 2.24) is 30.1 Å². The van der Waals surface area contributed by atoms with Crippen molar-refractivity contribution in [2.24, 2.45) is 0 Å². The van der Waals surface area contributed by atoms with Crippen molar-refractivity contribution in [1.29, 1.82) is 0 Å². The number of rotatable bonds is 7. The van der Waals surface area contributed by atoms with Gasteiger partial charge in [0.25, 0.3) is 5.82 Å². The number of ether oxygens (including phenoxy) is 1. The molecule has 36 heavy (non-hydrogen) atoms. The number of aromatic nitrogens is 5. The van der Waals surface area contributed by atoms with Gasteiger partial charge in [0.2, 0.25) is 5.88 Å². The van der Waals surface area contributed by atoms with Crippen LogP contribution < -0.4 is 10.1 Å². The molecule has 0 aliphatic heterocycles. The van der Waals surface area contributed by atoms with E-state index in [-0.39, 0.29) is 18.1 Å². The summed E-state index contributed by atoms with van der Waals surface area (Å²) in [6, 6.07) is 23.4. The Morgan fingerprint density at radius 3 is 2.44 bits per heavy atom. The lowest BCUT2D eigenvalue weighted by Crippen LogP contribution is -2.18. The van der Waals surface area contributed by atoms with Crippen LogP contribution in [0.2, 0.25) is 0 Å². The highest BCUT2D eigenvalue weighted by molar-refractivity contribution is 5.96. The summed E-state index contributed by atoms with van der Waals surface area (Å²) >= 11 is 0. The molecule has 2 atom stereocenters. The normalized spacial score (nSPS) is 17.5. The van der Waals surface area contributed by atoms with Gasteiger partial charge in [0.05, 0.1) is 11.4 Å². The second-order valence-electron chi connectivity index (χ2n) is 8.76. The van der Waals surface area contributed by atoms with E-state index in [1.807, 2.05) is 24.3 Å². The second kappa shape index (κ2) is 8.87. The largest absolute Gasteiger partial charge is 0.470 e. The minimum Gasteiger partial charge on any atom is -0.470 e. The Hall–Kier alpha value is -4.05. The fourth-order valence-electron chi connectivity index (χ4n) is 4.41. The highest BCUT2D eigenvalue weighted by atomic mass is 19.4. The van der Waals surface area contributed by atoms with E-state index in [0.717, 1.165) is 12.1 Å². The van der Waals surface area contributed by atoms with Crippen molar-refractivity contribution < 1.29 is 17.9 Å². The molecule has 0 saturated heterocycles. The molecule has 0 radical (unpaired) electrons. The molecule has 10 heteroatoms. The van der Waals surface area contributed by atoms with Crippen LogP contribution in [0.15, 0.2) is 72.8 Å². The summed E-state index contributed by atoms with van der Waals surface area (Å²) in [5, 5.41) is 15.6. The molecular formula is C26H21F3N6O. The predicted molar refractivity (Wildman–Crippen MR) is 126 cm³/mol. The number of nitrogens with zero attached hydrogens (tertiary/aromatic N) is 5. The Balaban J connectivity index is 1.18. The van der Waals surface area contributed by atoms with Crippen molar-refractivity contribution in [2.75, 3.05) is 0 Å². The SMILES string of the molecule is FC(F)(F)c1nnc2c3ccccc3c(OCc3cccc(CN[C@@H]4C[C@H]4c4ccccc4)n3)nn12. The number of benzene rings is 2. The number of fused-ring (bicyclic) bond motifs is 3. The first-order valence-corrected chi connectivity index (χ1v) is 11.5. The van der Waals surface area contributed by atoms with E-state index >= 15 is 0 Å². The van der Waals surface area contributed by atoms with Crippen LogP contribution >= 0.6 is 0 Å². The van der Waals surface area contributed by atoms with E-state index in [2.05, 4.69) is 49.9 Å². The third-order valence-electron chi connectivity index (χ3n) is 6.27. The molecule has 0 unspecified atom stereocenters. The lowest BCUT2D eigenvalue weighted by Gasteiger charge is -2.11. The lowest BCUT2D eigenvalue weighted by atomic mass is 10.1. The van der Waals surface area contributed by atoms with Gasteiger partial charge in [-0.25, -0.2) is 0 Å². The minimum atomic E-state index is -4.70. The number of hydrogen-bond donors (Lipinski definition) is 1. The zero-order valence-corrected chi connectivity index (χ0v) is 19.0. The molecule has 1 saturated carbocycles. The van der Waals surface area contributed by atoms with Gasteiger partial charge >= 0.3 is 6.18 Å². The van der Waals surface area contributed by atoms with Crippen LogP contribution in [-0.4, -0.2) is 30.8 Å². The number of halogens is 3. The molecular weight excluding hydrogens is 469 g/mol. The van der Waals surface area contributed by atoms with E-state index in [1.54, 1.807) is 24.3 Å². The summed E-state index contributed by atoms with van der Waals surface area (Å²) < 4.78 is 46.8. The van der Waals surface area contributed by atoms with Gasteiger partial charge in [-0.1, -0.05) is 54.6 Å². The molecule has 0 bridgehead atoms. The average Bonchev–Trinajstić information content (AvgIpc) is 3.54. The maximum Gasteiger partial charge on any atom is 0.453 e. The Morgan fingerprint density at radius 1 is 0.889 bits per heavy atom. The van der Waals surface area contributed by atoms with Gasteiger partial charge < -0.3 is 10.1 Å². The van der Waals surface area contributed by atoms with E-state index in [4.69, 9.17) is 4.74 Å². The first kappa shape index (κ1) is 22.4. The fraction of sp³-hybridized carbons (Fsp3) is 0.231. The number of pyridine rings is 1. The van der Waals surface area contributed by atoms with Gasteiger partial charge in [0.15, 0.2) is 5.65 Å². The van der Waals surface area contributed by atoms with Crippen molar-refractivity contribution >= 4 is 16.4 Å². The zero-order chi connectivity index (χ0) is 24.7. The molecule has 1 aliphatic carbocycles. The molecule has 0 amide bonds. The van der Waals surface area contributed by atoms with Gasteiger partial charge in [-0.3, -0.25) is 4.98 Å². The summed E-state index contributed by atoms with van der Waals surface area (Å²) in [5.74, 6) is -0.628. The quantitative estimate of drug-likeness (QED) is 0.349. The first-order chi connectivity index (χ1) is 17.5. The van der Waals surface area contributed by atoms with Gasteiger partial charge in [0.1, 0.15) is 6.61 Å². The second-order valence-corrected chi connectivity index (χ2v) is 8.76. The maximum absolute atomic E-state index is 13.4. The molecule has 5 aromatic rings. The van der Waals surface area contributed by atoms with Crippen LogP contribution in [-0.2, 0) is 19.3 Å². The molecule has 3 heterocycles. The minimum absolute atomic E-state index is 0.0188. The van der Waals surface area contributed by atoms with Crippen LogP contribution in [0.25, 0.3) is 16.4 Å². The standard InChI is InChI=1S/C26H21F3N6O/c27-26(28,29)25-33-32-23-19-11-4-5-12-20(19)24(34-35(23)25)36-15-18-10-6-9-17(31-18)14-30-22-13-21(22)16-7-2-1-3-8-16/h1-12,21-22,30H,13-15H2/t21-,22+/m0/s1. The molecule has 0 spiro atoms. The van der Waals surface area contributed by atoms with Gasteiger partial charge in [-0.15, -0.1) is 15.3 Å². The molecule has 2 aromatic carbocycles. The average molecular weight is 490 g/mol. The van der Waals surface area contributed by atoms with Crippen LogP contribution in [0, 0.1) is 0 Å². The molecule has 6 rings (SSSR count). The Kier molecular flexibility index (Phi) is 5.52. The summed E-state index contributed by atoms with van der Waals surface area (Å²) in [6.07, 6.45) is -3.60. The summed E-state index contributed by atoms with van der Waals surface area (Å²) in [5.41, 5.74) is 2.87. The van der Waals surface area contributed by atoms with Crippen LogP contribution in [0.1, 0.15) is 35.1 Å². The lowest BCUT2D eigenvalue weighted by molar-refractivity contribution is -0.146. The zero-order valence-electron chi connectivity index (χ0n) is 19.0. The predicted octanol–water partition coefficient (Wildman–Crippen LogP) is 4.92. The van der Waals surface area contributed by atoms with Crippen molar-refractivity contribution in [3.63, 3.8) is 0 Å². The topological polar surface area (TPSA) is 77.2 Å². The summed E-state index contributed by atoms with van der Waals surface area (Å²) in [6.45, 7) is 0.667. The van der Waals surface area contributed by atoms with Gasteiger partial charge in [0, 0.05) is 29.3 Å². The smallest absolute Gasteiger partial charge is 0.453 e. The van der Waals surface area contributed by atoms with Crippen molar-refractivity contribution in [2.45, 2.75) is 37.7 Å². The first-order valence-electron chi connectivity index (χ1n) is 11.5. The van der Waals surface area contributed by atoms with E-state index < -0.39 is 12.0 Å². The molecule has 1 fully saturated rings. The van der Waals surface area contributed by atoms with E-state index in [9.17, 15) is 13.2 Å². The number of hydrogen-bond acceptors (Lipinski definition) is 6. The summed E-state index contributed by atoms with van der Waals surface area (Å²) in [4.78, 5) is 4.65. The van der Waals surface area contributed by atoms with Crippen molar-refractivity contribution in [3.05, 3.63) is 95.6 Å². The highest BCUT2D eigenvalue weighted by Gasteiger charge is 2.39. The van der Waals surface area contributed by atoms with Gasteiger partial charge in [-0.05, 0) is 30.2 Å². The van der Waals surface area contributed by atoms with Crippen LogP contribution in [0.5, 0.6) is 5.88 Å². The molecule has 1 N–H and O–H groups in total. The molecule has 7 nitrogen and oxygen atoms in total. The fourth-order valence-corrected chi connectivity index (χ4v) is 4.41. The maximum atomic E-state index is 13.4. The number of nitrogens with one attached hydrogen (secondary N) is 1. The third-order valence-corrected chi connectivity index (χ3v) is 6.27. The molecule has 3 aromatic heterocycles. The molecule has 182 valence electrons. The van der Waals surface area contributed by atoms with Gasteiger partial charge in [-0.2, -0.15) is 17.7 Å². The highest BCUT2D eigenvalue weighted by Crippen LogP contribution is 2.40. The Labute approximate surface area is 204 Å². The van der Waals surface area contributed by atoms with E-state index in [0.29, 0.717) is 39.5 Å². The summed E-state index contributed by atoms with van der Waals surface area (Å²) in [7, 11) is 0. The monoisotopic (exact) mass is 490 g/mol. The van der Waals surface area contributed by atoms with Crippen LogP contribution in [0.4, 0.5) is 13.2 Å². The Bertz CT molecular complexity index is 1540. The Morgan fingerprint density at radius 2 is 1.64 bits per heavy atom. The third kappa shape index (κ3) is 4.35. The van der Waals surface area contributed by atoms with Crippen molar-refractivity contribution in [3.8, 4) is 5.88 Å². The number of alkyl halides is 3. The molecule has 1 aliphatic rings. The van der Waals surface area contributed by atoms with Crippen LogP contribution in [0.3, 0.4) is 0 Å². The van der Waals surface area contributed by atoms with E-state index in [1.165, 1.54) is 5.56 Å².